The van der Waals surface area contributed by atoms with Crippen LogP contribution in [0, 0.1) is 5.92 Å². The Labute approximate surface area is 98.8 Å². The Morgan fingerprint density at radius 1 is 1.12 bits per heavy atom. The number of para-hydroxylation sites is 2. The second-order valence-corrected chi connectivity index (χ2v) is 4.79. The van der Waals surface area contributed by atoms with Crippen molar-refractivity contribution in [3.8, 4) is 0 Å². The first-order valence-corrected chi connectivity index (χ1v) is 6.03. The summed E-state index contributed by atoms with van der Waals surface area (Å²) in [6, 6.07) is 7.88. The zero-order chi connectivity index (χ0) is 11.4. The number of carbonyl (C=O) groups is 1. The predicted molar refractivity (Wildman–Crippen MR) is 65.0 cm³/mol. The Hall–Kier alpha value is -1.90. The van der Waals surface area contributed by atoms with Gasteiger partial charge in [-0.2, -0.15) is 0 Å². The van der Waals surface area contributed by atoms with Crippen LogP contribution in [-0.4, -0.2) is 15.5 Å². The molecule has 0 bridgehead atoms. The van der Waals surface area contributed by atoms with Crippen molar-refractivity contribution in [2.24, 2.45) is 5.92 Å². The number of hydrogen-bond acceptors (Lipinski definition) is 2. The average Bonchev–Trinajstić information content (AvgIpc) is 2.88. The highest BCUT2D eigenvalue weighted by molar-refractivity contribution is 5.95. The van der Waals surface area contributed by atoms with Gasteiger partial charge in [0.2, 0.25) is 5.91 Å². The van der Waals surface area contributed by atoms with Crippen LogP contribution in [0.5, 0.6) is 0 Å². The van der Waals surface area contributed by atoms with Crippen molar-refractivity contribution in [1.29, 1.82) is 0 Å². The number of nitrogens with zero attached hydrogens (tertiary/aromatic N) is 2. The summed E-state index contributed by atoms with van der Waals surface area (Å²) in [6.45, 7) is 0. The molecule has 1 aliphatic heterocycles. The largest absolute Gasteiger partial charge is 0.274 e. The van der Waals surface area contributed by atoms with Crippen LogP contribution in [0.2, 0.25) is 0 Å². The highest BCUT2D eigenvalue weighted by Gasteiger charge is 2.42. The molecule has 2 aliphatic rings. The average molecular weight is 224 g/mol. The van der Waals surface area contributed by atoms with Gasteiger partial charge in [0.05, 0.1) is 17.0 Å². The molecule has 1 aromatic carbocycles. The fraction of sp³-hybridized carbons (Fsp3) is 0.286. The molecule has 2 atom stereocenters. The van der Waals surface area contributed by atoms with Crippen molar-refractivity contribution in [2.75, 3.05) is 0 Å². The SMILES string of the molecule is O=C1[C@@H]2CC=CC[C@@H]2c2nc3ccccc3n21. The molecule has 17 heavy (non-hydrogen) atoms. The summed E-state index contributed by atoms with van der Waals surface area (Å²) in [6.07, 6.45) is 6.10. The maximum atomic E-state index is 12.4. The first-order valence-electron chi connectivity index (χ1n) is 6.03. The molecule has 84 valence electrons. The van der Waals surface area contributed by atoms with E-state index in [0.29, 0.717) is 5.92 Å². The van der Waals surface area contributed by atoms with Gasteiger partial charge < -0.3 is 0 Å². The van der Waals surface area contributed by atoms with E-state index >= 15 is 0 Å². The van der Waals surface area contributed by atoms with Crippen molar-refractivity contribution < 1.29 is 4.79 Å². The van der Waals surface area contributed by atoms with Crippen molar-refractivity contribution >= 4 is 16.9 Å². The second kappa shape index (κ2) is 3.06. The first-order chi connectivity index (χ1) is 8.36. The summed E-state index contributed by atoms with van der Waals surface area (Å²) in [4.78, 5) is 17.0. The van der Waals surface area contributed by atoms with Crippen LogP contribution in [0.4, 0.5) is 0 Å². The zero-order valence-electron chi connectivity index (χ0n) is 9.34. The maximum Gasteiger partial charge on any atom is 0.236 e. The Kier molecular flexibility index (Phi) is 1.65. The van der Waals surface area contributed by atoms with Gasteiger partial charge in [-0.05, 0) is 25.0 Å². The summed E-state index contributed by atoms with van der Waals surface area (Å²) in [5.74, 6) is 1.60. The zero-order valence-corrected chi connectivity index (χ0v) is 9.34. The molecule has 0 radical (unpaired) electrons. The Balaban J connectivity index is 2.01. The van der Waals surface area contributed by atoms with Gasteiger partial charge in [0, 0.05) is 5.92 Å². The third-order valence-corrected chi connectivity index (χ3v) is 3.89. The summed E-state index contributed by atoms with van der Waals surface area (Å²) in [7, 11) is 0. The molecule has 0 spiro atoms. The van der Waals surface area contributed by atoms with Crippen LogP contribution in [0.3, 0.4) is 0 Å². The van der Waals surface area contributed by atoms with Gasteiger partial charge in [0.1, 0.15) is 5.82 Å². The molecule has 4 rings (SSSR count). The van der Waals surface area contributed by atoms with Gasteiger partial charge in [-0.15, -0.1) is 0 Å². The van der Waals surface area contributed by atoms with Crippen LogP contribution < -0.4 is 0 Å². The van der Waals surface area contributed by atoms with Crippen molar-refractivity contribution in [2.45, 2.75) is 18.8 Å². The van der Waals surface area contributed by atoms with Gasteiger partial charge in [-0.3, -0.25) is 9.36 Å². The van der Waals surface area contributed by atoms with E-state index in [0.717, 1.165) is 29.7 Å². The van der Waals surface area contributed by atoms with Gasteiger partial charge in [-0.1, -0.05) is 24.3 Å². The first kappa shape index (κ1) is 9.16. The topological polar surface area (TPSA) is 34.9 Å². The van der Waals surface area contributed by atoms with Crippen LogP contribution in [0.15, 0.2) is 36.4 Å². The number of benzene rings is 1. The van der Waals surface area contributed by atoms with Crippen molar-refractivity contribution in [1.82, 2.24) is 9.55 Å². The number of carbonyl (C=O) groups excluding carboxylic acids is 1. The van der Waals surface area contributed by atoms with Crippen LogP contribution in [-0.2, 0) is 0 Å². The van der Waals surface area contributed by atoms with E-state index in [-0.39, 0.29) is 11.8 Å². The van der Waals surface area contributed by atoms with E-state index in [2.05, 4.69) is 17.1 Å². The van der Waals surface area contributed by atoms with Gasteiger partial charge >= 0.3 is 0 Å². The Morgan fingerprint density at radius 2 is 1.88 bits per heavy atom. The highest BCUT2D eigenvalue weighted by atomic mass is 16.2. The Morgan fingerprint density at radius 3 is 2.76 bits per heavy atom. The fourth-order valence-electron chi connectivity index (χ4n) is 3.06. The van der Waals surface area contributed by atoms with E-state index in [9.17, 15) is 4.79 Å². The molecular formula is C14H12N2O. The molecule has 3 nitrogen and oxygen atoms in total. The smallest absolute Gasteiger partial charge is 0.236 e. The molecule has 0 unspecified atom stereocenters. The lowest BCUT2D eigenvalue weighted by Crippen LogP contribution is -2.18. The van der Waals surface area contributed by atoms with Crippen molar-refractivity contribution in [3.05, 3.63) is 42.2 Å². The number of imidazole rings is 1. The van der Waals surface area contributed by atoms with E-state index in [1.54, 1.807) is 0 Å². The molecule has 0 fully saturated rings. The molecule has 0 saturated heterocycles. The number of allylic oxidation sites excluding steroid dienone is 2. The minimum atomic E-state index is 0.118. The predicted octanol–water partition coefficient (Wildman–Crippen LogP) is 2.74. The summed E-state index contributed by atoms with van der Waals surface area (Å²) >= 11 is 0. The molecule has 0 amide bonds. The minimum absolute atomic E-state index is 0.118. The summed E-state index contributed by atoms with van der Waals surface area (Å²) in [5.41, 5.74) is 1.89. The van der Waals surface area contributed by atoms with E-state index < -0.39 is 0 Å². The van der Waals surface area contributed by atoms with Crippen LogP contribution in [0.25, 0.3) is 11.0 Å². The fourth-order valence-corrected chi connectivity index (χ4v) is 3.06. The lowest BCUT2D eigenvalue weighted by molar-refractivity contribution is 0.0857. The van der Waals surface area contributed by atoms with E-state index in [4.69, 9.17) is 0 Å². The number of aromatic nitrogens is 2. The molecule has 2 aromatic rings. The third kappa shape index (κ3) is 1.06. The van der Waals surface area contributed by atoms with Gasteiger partial charge in [-0.25, -0.2) is 4.98 Å². The number of hydrogen-bond donors (Lipinski definition) is 0. The molecule has 1 aliphatic carbocycles. The third-order valence-electron chi connectivity index (χ3n) is 3.89. The molecular weight excluding hydrogens is 212 g/mol. The maximum absolute atomic E-state index is 12.4. The number of rotatable bonds is 0. The molecule has 0 N–H and O–H groups in total. The number of fused-ring (bicyclic) bond motifs is 5. The minimum Gasteiger partial charge on any atom is -0.274 e. The highest BCUT2D eigenvalue weighted by Crippen LogP contribution is 2.42. The summed E-state index contributed by atoms with van der Waals surface area (Å²) < 4.78 is 1.83. The monoisotopic (exact) mass is 224 g/mol. The quantitative estimate of drug-likeness (QED) is 0.645. The lowest BCUT2D eigenvalue weighted by Gasteiger charge is -2.17. The molecule has 3 heteroatoms. The van der Waals surface area contributed by atoms with Gasteiger partial charge in [0.15, 0.2) is 0 Å². The van der Waals surface area contributed by atoms with E-state index in [1.807, 2.05) is 28.8 Å². The molecule has 1 aromatic heterocycles. The van der Waals surface area contributed by atoms with Crippen LogP contribution >= 0.6 is 0 Å². The lowest BCUT2D eigenvalue weighted by atomic mass is 9.84. The Bertz CT molecular complexity index is 653. The van der Waals surface area contributed by atoms with Crippen LogP contribution in [0.1, 0.15) is 29.4 Å². The standard InChI is InChI=1S/C14H12N2O/c17-14-10-6-2-1-5-9(10)13-15-11-7-3-4-8-12(11)16(13)14/h1-4,7-10H,5-6H2/t9-,10+/m0/s1. The summed E-state index contributed by atoms with van der Waals surface area (Å²) in [5, 5.41) is 0. The van der Waals surface area contributed by atoms with E-state index in [1.165, 1.54) is 0 Å². The van der Waals surface area contributed by atoms with Gasteiger partial charge in [0.25, 0.3) is 0 Å². The van der Waals surface area contributed by atoms with Crippen molar-refractivity contribution in [3.63, 3.8) is 0 Å². The second-order valence-electron chi connectivity index (χ2n) is 4.79. The normalized spacial score (nSPS) is 26.2. The molecule has 2 heterocycles. The molecule has 0 saturated carbocycles.